The van der Waals surface area contributed by atoms with E-state index in [0.29, 0.717) is 0 Å². The van der Waals surface area contributed by atoms with Gasteiger partial charge >= 0.3 is 0 Å². The minimum absolute atomic E-state index is 0.212. The lowest BCUT2D eigenvalue weighted by Crippen LogP contribution is -2.30. The zero-order valence-corrected chi connectivity index (χ0v) is 13.2. The van der Waals surface area contributed by atoms with Crippen LogP contribution in [0.5, 0.6) is 5.75 Å². The minimum atomic E-state index is -0.540. The SMILES string of the molecule is COc1ccc(C(C)(CC(N)=O)c2ccccc2)c2cn[nH]c12. The molecule has 2 aromatic carbocycles. The van der Waals surface area contributed by atoms with Gasteiger partial charge in [-0.05, 0) is 17.2 Å². The Kier molecular flexibility index (Phi) is 3.78. The van der Waals surface area contributed by atoms with Crippen LogP contribution in [0.2, 0.25) is 0 Å². The first kappa shape index (κ1) is 15.1. The number of fused-ring (bicyclic) bond motifs is 1. The van der Waals surface area contributed by atoms with Crippen LogP contribution in [0.15, 0.2) is 48.7 Å². The van der Waals surface area contributed by atoms with Crippen LogP contribution in [0, 0.1) is 0 Å². The summed E-state index contributed by atoms with van der Waals surface area (Å²) in [6.45, 7) is 2.03. The van der Waals surface area contributed by atoms with Crippen molar-refractivity contribution in [1.82, 2.24) is 10.2 Å². The number of nitrogens with zero attached hydrogens (tertiary/aromatic N) is 1. The number of hydrogen-bond donors (Lipinski definition) is 2. The number of rotatable bonds is 5. The molecule has 0 spiro atoms. The van der Waals surface area contributed by atoms with Crippen molar-refractivity contribution in [2.75, 3.05) is 7.11 Å². The third-order valence-electron chi connectivity index (χ3n) is 4.33. The lowest BCUT2D eigenvalue weighted by atomic mass is 9.72. The summed E-state index contributed by atoms with van der Waals surface area (Å²) in [5.74, 6) is 0.375. The summed E-state index contributed by atoms with van der Waals surface area (Å²) in [5, 5.41) is 8.03. The Bertz CT molecular complexity index is 842. The molecular weight excluding hydrogens is 290 g/mol. The molecule has 0 saturated carbocycles. The van der Waals surface area contributed by atoms with Crippen molar-refractivity contribution in [3.63, 3.8) is 0 Å². The van der Waals surface area contributed by atoms with Gasteiger partial charge in [0, 0.05) is 17.2 Å². The number of amides is 1. The van der Waals surface area contributed by atoms with Gasteiger partial charge in [-0.1, -0.05) is 43.3 Å². The molecule has 0 radical (unpaired) electrons. The van der Waals surface area contributed by atoms with E-state index in [9.17, 15) is 4.79 Å². The third-order valence-corrected chi connectivity index (χ3v) is 4.33. The van der Waals surface area contributed by atoms with E-state index in [1.165, 1.54) is 0 Å². The predicted molar refractivity (Wildman–Crippen MR) is 89.4 cm³/mol. The molecule has 0 saturated heterocycles. The van der Waals surface area contributed by atoms with Crippen molar-refractivity contribution in [2.45, 2.75) is 18.8 Å². The first-order valence-electron chi connectivity index (χ1n) is 7.40. The number of ether oxygens (including phenoxy) is 1. The summed E-state index contributed by atoms with van der Waals surface area (Å²) in [6, 6.07) is 13.8. The van der Waals surface area contributed by atoms with Gasteiger partial charge < -0.3 is 10.5 Å². The van der Waals surface area contributed by atoms with E-state index in [2.05, 4.69) is 10.2 Å². The topological polar surface area (TPSA) is 81.0 Å². The summed E-state index contributed by atoms with van der Waals surface area (Å²) >= 11 is 0. The first-order chi connectivity index (χ1) is 11.1. The molecule has 3 N–H and O–H groups in total. The number of nitrogens with two attached hydrogens (primary N) is 1. The summed E-state index contributed by atoms with van der Waals surface area (Å²) in [7, 11) is 1.62. The number of nitrogens with one attached hydrogen (secondary N) is 1. The zero-order valence-electron chi connectivity index (χ0n) is 13.2. The van der Waals surface area contributed by atoms with Gasteiger partial charge in [-0.25, -0.2) is 0 Å². The molecule has 118 valence electrons. The molecule has 3 aromatic rings. The van der Waals surface area contributed by atoms with Crippen LogP contribution >= 0.6 is 0 Å². The fraction of sp³-hybridized carbons (Fsp3) is 0.222. The minimum Gasteiger partial charge on any atom is -0.494 e. The number of aromatic nitrogens is 2. The van der Waals surface area contributed by atoms with Crippen molar-refractivity contribution in [2.24, 2.45) is 5.73 Å². The molecule has 5 nitrogen and oxygen atoms in total. The zero-order chi connectivity index (χ0) is 16.4. The fourth-order valence-electron chi connectivity index (χ4n) is 3.17. The molecule has 5 heteroatoms. The number of H-pyrrole nitrogens is 1. The summed E-state index contributed by atoms with van der Waals surface area (Å²) in [6.07, 6.45) is 1.97. The lowest BCUT2D eigenvalue weighted by Gasteiger charge is -2.30. The van der Waals surface area contributed by atoms with Gasteiger partial charge in [-0.2, -0.15) is 5.10 Å². The van der Waals surface area contributed by atoms with Crippen LogP contribution in [-0.2, 0) is 10.2 Å². The maximum atomic E-state index is 11.7. The van der Waals surface area contributed by atoms with Crippen molar-refractivity contribution in [3.8, 4) is 5.75 Å². The van der Waals surface area contributed by atoms with Gasteiger partial charge in [0.2, 0.25) is 5.91 Å². The lowest BCUT2D eigenvalue weighted by molar-refractivity contribution is -0.118. The Morgan fingerprint density at radius 1 is 1.26 bits per heavy atom. The van der Waals surface area contributed by atoms with E-state index in [4.69, 9.17) is 10.5 Å². The van der Waals surface area contributed by atoms with Crippen LogP contribution in [0.1, 0.15) is 24.5 Å². The number of benzene rings is 2. The van der Waals surface area contributed by atoms with E-state index in [0.717, 1.165) is 27.8 Å². The first-order valence-corrected chi connectivity index (χ1v) is 7.40. The molecular formula is C18H19N3O2. The molecule has 0 aliphatic rings. The number of primary amides is 1. The molecule has 0 aliphatic carbocycles. The molecule has 0 aliphatic heterocycles. The highest BCUT2D eigenvalue weighted by molar-refractivity contribution is 5.89. The van der Waals surface area contributed by atoms with Crippen molar-refractivity contribution in [3.05, 3.63) is 59.8 Å². The maximum absolute atomic E-state index is 11.7. The average Bonchev–Trinajstić information content (AvgIpc) is 3.03. The fourth-order valence-corrected chi connectivity index (χ4v) is 3.17. The summed E-state index contributed by atoms with van der Waals surface area (Å²) < 4.78 is 5.38. The predicted octanol–water partition coefficient (Wildman–Crippen LogP) is 2.75. The van der Waals surface area contributed by atoms with Crippen molar-refractivity contribution in [1.29, 1.82) is 0 Å². The van der Waals surface area contributed by atoms with E-state index in [-0.39, 0.29) is 12.3 Å². The van der Waals surface area contributed by atoms with Crippen LogP contribution in [0.25, 0.3) is 10.9 Å². The second kappa shape index (κ2) is 5.76. The highest BCUT2D eigenvalue weighted by atomic mass is 16.5. The number of carbonyl (C=O) groups is 1. The van der Waals surface area contributed by atoms with Gasteiger partial charge in [0.15, 0.2) is 0 Å². The maximum Gasteiger partial charge on any atom is 0.218 e. The number of carbonyl (C=O) groups excluding carboxylic acids is 1. The Balaban J connectivity index is 2.26. The summed E-state index contributed by atoms with van der Waals surface area (Å²) in [4.78, 5) is 11.7. The van der Waals surface area contributed by atoms with Gasteiger partial charge in [0.25, 0.3) is 0 Å². The molecule has 0 bridgehead atoms. The monoisotopic (exact) mass is 309 g/mol. The number of hydrogen-bond acceptors (Lipinski definition) is 3. The molecule has 1 aromatic heterocycles. The quantitative estimate of drug-likeness (QED) is 0.760. The summed E-state index contributed by atoms with van der Waals surface area (Å²) in [5.41, 5.74) is 7.84. The normalized spacial score (nSPS) is 13.7. The Morgan fingerprint density at radius 3 is 2.65 bits per heavy atom. The van der Waals surface area contributed by atoms with E-state index >= 15 is 0 Å². The van der Waals surface area contributed by atoms with Crippen molar-refractivity contribution < 1.29 is 9.53 Å². The smallest absolute Gasteiger partial charge is 0.218 e. The molecule has 1 unspecified atom stereocenters. The molecule has 23 heavy (non-hydrogen) atoms. The van der Waals surface area contributed by atoms with Crippen LogP contribution in [-0.4, -0.2) is 23.2 Å². The molecule has 1 atom stereocenters. The molecule has 1 heterocycles. The van der Waals surface area contributed by atoms with Crippen molar-refractivity contribution >= 4 is 16.8 Å². The molecule has 1 amide bonds. The van der Waals surface area contributed by atoms with Gasteiger partial charge in [0.05, 0.1) is 13.3 Å². The Morgan fingerprint density at radius 2 is 2.00 bits per heavy atom. The third kappa shape index (κ3) is 2.54. The Hall–Kier alpha value is -2.82. The van der Waals surface area contributed by atoms with Gasteiger partial charge in [0.1, 0.15) is 11.3 Å². The largest absolute Gasteiger partial charge is 0.494 e. The molecule has 3 rings (SSSR count). The highest BCUT2D eigenvalue weighted by Crippen LogP contribution is 2.40. The standard InChI is InChI=1S/C18H19N3O2/c1-18(10-16(19)22,12-6-4-3-5-7-12)14-8-9-15(23-2)17-13(14)11-20-21-17/h3-9,11H,10H2,1-2H3,(H2,19,22)(H,20,21). The second-order valence-electron chi connectivity index (χ2n) is 5.82. The van der Waals surface area contributed by atoms with Gasteiger partial charge in [-0.3, -0.25) is 9.89 Å². The van der Waals surface area contributed by atoms with Gasteiger partial charge in [-0.15, -0.1) is 0 Å². The second-order valence-corrected chi connectivity index (χ2v) is 5.82. The number of aromatic amines is 1. The highest BCUT2D eigenvalue weighted by Gasteiger charge is 2.33. The van der Waals surface area contributed by atoms with Crippen LogP contribution < -0.4 is 10.5 Å². The Labute approximate surface area is 134 Å². The molecule has 0 fully saturated rings. The number of methoxy groups -OCH3 is 1. The van der Waals surface area contributed by atoms with E-state index in [1.54, 1.807) is 13.3 Å². The average molecular weight is 309 g/mol. The van der Waals surface area contributed by atoms with E-state index < -0.39 is 5.41 Å². The van der Waals surface area contributed by atoms with Crippen LogP contribution in [0.3, 0.4) is 0 Å². The van der Waals surface area contributed by atoms with Crippen LogP contribution in [0.4, 0.5) is 0 Å². The van der Waals surface area contributed by atoms with E-state index in [1.807, 2.05) is 49.4 Å².